The van der Waals surface area contributed by atoms with Crippen LogP contribution >= 0.6 is 69.8 Å². The lowest BCUT2D eigenvalue weighted by Crippen LogP contribution is -2.52. The molecule has 7 aromatic rings. The number of thioether (sulfide) groups is 1. The van der Waals surface area contributed by atoms with E-state index in [1.165, 1.54) is 168 Å². The fraction of sp³-hybridized carbons (Fsp3) is 0.407. The number of amidine groups is 1. The molecule has 19 nitrogen and oxygen atoms in total. The maximum absolute atomic E-state index is 14.4. The molecule has 0 spiro atoms. The van der Waals surface area contributed by atoms with E-state index in [0.29, 0.717) is 61.2 Å². The van der Waals surface area contributed by atoms with Crippen molar-refractivity contribution >= 4 is 151 Å². The number of aliphatic imine (C=N–C) groups is 1. The summed E-state index contributed by atoms with van der Waals surface area (Å²) in [6.45, 7) is 10.3. The van der Waals surface area contributed by atoms with Crippen LogP contribution in [0.1, 0.15) is 206 Å². The van der Waals surface area contributed by atoms with Crippen molar-refractivity contribution < 1.29 is 52.6 Å². The second-order valence-electron chi connectivity index (χ2n) is 27.7. The first-order valence-electron chi connectivity index (χ1n) is 38.5. The number of unbranched alkanes of at least 4 members (excludes halogenated alkanes) is 19. The van der Waals surface area contributed by atoms with Crippen molar-refractivity contribution in [1.29, 1.82) is 0 Å². The van der Waals surface area contributed by atoms with Gasteiger partial charge in [0.1, 0.15) is 34.8 Å². The van der Waals surface area contributed by atoms with Crippen molar-refractivity contribution in [3.63, 3.8) is 0 Å². The Morgan fingerprint density at radius 2 is 1.18 bits per heavy atom. The Morgan fingerprint density at radius 1 is 0.595 bits per heavy atom. The molecular weight excluding hydrogens is 1530 g/mol. The molecule has 2 saturated heterocycles. The number of ketones is 1. The summed E-state index contributed by atoms with van der Waals surface area (Å²) in [5, 5.41) is 9.81. The smallest absolute Gasteiger partial charge is 0.338 e. The summed E-state index contributed by atoms with van der Waals surface area (Å²) in [4.78, 5) is 116. The van der Waals surface area contributed by atoms with E-state index in [2.05, 4.69) is 35.2 Å². The van der Waals surface area contributed by atoms with E-state index >= 15 is 0 Å². The quantitative estimate of drug-likeness (QED) is 0.00917. The first-order valence-corrected chi connectivity index (χ1v) is 41.2. The van der Waals surface area contributed by atoms with Gasteiger partial charge in [-0.3, -0.25) is 34.2 Å². The van der Waals surface area contributed by atoms with Crippen LogP contribution in [-0.4, -0.2) is 101 Å². The number of carbonyl (C=O) groups is 8. The highest BCUT2D eigenvalue weighted by molar-refractivity contribution is 8.01. The zero-order valence-corrected chi connectivity index (χ0v) is 68.6. The van der Waals surface area contributed by atoms with Crippen molar-refractivity contribution in [2.75, 3.05) is 41.2 Å². The van der Waals surface area contributed by atoms with Crippen molar-refractivity contribution in [3.05, 3.63) is 199 Å². The number of rotatable bonds is 42. The number of benzene rings is 7. The van der Waals surface area contributed by atoms with E-state index in [0.717, 1.165) is 55.2 Å². The molecule has 0 radical (unpaired) electrons. The van der Waals surface area contributed by atoms with Crippen molar-refractivity contribution in [2.45, 2.75) is 211 Å². The predicted molar refractivity (Wildman–Crippen MR) is 448 cm³/mol. The van der Waals surface area contributed by atoms with Gasteiger partial charge >= 0.3 is 12.0 Å². The fourth-order valence-electron chi connectivity index (χ4n) is 12.8. The number of aryl methyl sites for hydroxylation is 2. The van der Waals surface area contributed by atoms with E-state index in [1.54, 1.807) is 48.5 Å². The van der Waals surface area contributed by atoms with Crippen LogP contribution in [0, 0.1) is 13.8 Å². The number of halogens is 5. The maximum Gasteiger partial charge on any atom is 0.338 e. The first kappa shape index (κ1) is 87.9. The van der Waals surface area contributed by atoms with Crippen LogP contribution in [0.5, 0.6) is 11.5 Å². The van der Waals surface area contributed by atoms with Crippen LogP contribution < -0.4 is 35.9 Å². The van der Waals surface area contributed by atoms with E-state index in [4.69, 9.17) is 77.2 Å². The van der Waals surface area contributed by atoms with E-state index in [1.807, 2.05) is 75.4 Å². The highest BCUT2D eigenvalue weighted by atomic mass is 35.5. The Balaban J connectivity index is 0.000000284. The molecule has 2 aliphatic heterocycles. The number of urea groups is 1. The fourth-order valence-corrected chi connectivity index (χ4v) is 15.2. The zero-order valence-electron chi connectivity index (χ0n) is 64.1. The summed E-state index contributed by atoms with van der Waals surface area (Å²) in [6.07, 6.45) is 24.9. The summed E-state index contributed by atoms with van der Waals surface area (Å²) in [6, 6.07) is 37.7. The molecule has 4 N–H and O–H groups in total. The molecule has 25 heteroatoms. The van der Waals surface area contributed by atoms with Gasteiger partial charge in [-0.2, -0.15) is 0 Å². The summed E-state index contributed by atoms with van der Waals surface area (Å²) in [5.74, 6) is -2.58. The van der Waals surface area contributed by atoms with Gasteiger partial charge in [0.25, 0.3) is 23.6 Å². The van der Waals surface area contributed by atoms with Crippen molar-refractivity contribution in [2.24, 2.45) is 4.99 Å². The molecule has 3 atom stereocenters. The number of hydrogen-bond donors (Lipinski definition) is 4. The second kappa shape index (κ2) is 45.8. The van der Waals surface area contributed by atoms with Gasteiger partial charge in [0, 0.05) is 34.1 Å². The van der Waals surface area contributed by atoms with E-state index < -0.39 is 52.9 Å². The molecule has 0 saturated carbocycles. The normalized spacial score (nSPS) is 14.2. The number of methoxy groups -OCH3 is 1. The minimum absolute atomic E-state index is 0.0258. The van der Waals surface area contributed by atoms with Gasteiger partial charge in [-0.25, -0.2) is 24.5 Å². The third-order valence-electron chi connectivity index (χ3n) is 18.9. The number of Topliss-reactive ketones (excluding diaryl/α,β-unsaturated/α-hetero) is 1. The topological polar surface area (TPSA) is 234 Å². The number of ether oxygens (including phenoxy) is 3. The Hall–Kier alpha value is -8.63. The Labute approximate surface area is 681 Å². The molecule has 2 heterocycles. The van der Waals surface area contributed by atoms with Crippen LogP contribution in [-0.2, 0) is 35.3 Å². The molecule has 7 amide bonds. The molecular formula is C86H101Cl5N8O11S. The molecule has 0 aromatic heterocycles. The highest BCUT2D eigenvalue weighted by Crippen LogP contribution is 2.42. The van der Waals surface area contributed by atoms with Gasteiger partial charge in [0.2, 0.25) is 5.91 Å². The monoisotopic (exact) mass is 1630 g/mol. The van der Waals surface area contributed by atoms with Crippen LogP contribution in [0.4, 0.5) is 33.2 Å². The molecule has 111 heavy (non-hydrogen) atoms. The third kappa shape index (κ3) is 26.8. The van der Waals surface area contributed by atoms with Crippen LogP contribution in [0.15, 0.2) is 155 Å². The van der Waals surface area contributed by atoms with E-state index in [9.17, 15) is 38.4 Å². The lowest BCUT2D eigenvalue weighted by atomic mass is 10.0. The average Bonchev–Trinajstić information content (AvgIpc) is 1.64. The summed E-state index contributed by atoms with van der Waals surface area (Å²) < 4.78 is 16.8. The summed E-state index contributed by atoms with van der Waals surface area (Å²) in [5.41, 5.74) is 7.68. The number of anilines is 4. The van der Waals surface area contributed by atoms with Crippen molar-refractivity contribution in [3.8, 4) is 11.5 Å². The van der Waals surface area contributed by atoms with Crippen molar-refractivity contribution in [1.82, 2.24) is 15.2 Å². The molecule has 3 unspecified atom stereocenters. The maximum atomic E-state index is 14.4. The number of carbonyl (C=O) groups excluding carboxylic acids is 8. The number of amides is 7. The van der Waals surface area contributed by atoms with Gasteiger partial charge < -0.3 is 35.1 Å². The molecule has 0 aliphatic carbocycles. The zero-order chi connectivity index (χ0) is 79.8. The number of hydrazine groups is 1. The molecule has 2 aliphatic rings. The number of esters is 1. The average molecular weight is 1630 g/mol. The predicted octanol–water partition coefficient (Wildman–Crippen LogP) is 22.2. The largest absolute Gasteiger partial charge is 0.497 e. The van der Waals surface area contributed by atoms with Gasteiger partial charge in [0.05, 0.1) is 56.4 Å². The Morgan fingerprint density at radius 3 is 1.80 bits per heavy atom. The lowest BCUT2D eigenvalue weighted by molar-refractivity contribution is -0.131. The van der Waals surface area contributed by atoms with Crippen LogP contribution in [0.3, 0.4) is 0 Å². The molecule has 9 rings (SSSR count). The SMILES string of the molecule is CCCCCCCCCCCCCC(=O)Nc1ccc(Cl)c(N=C2NN(c3c(Cl)cc(Cl)cc3Cl)C(=O)C2Sc2ccccc2NC(=O)C(CC)Oc2ccc(C)cc2C)c1.CCCCCCCCCCCCOC(=O)c1ccc(Cl)c(NC(=O)C(C(=O)c2ccc(OC)cc2)N2C(=O)CN(Cc3ccccc3)C2=O)c1. The number of imide groups is 1. The molecule has 2 fully saturated rings. The lowest BCUT2D eigenvalue weighted by Gasteiger charge is -2.25. The van der Waals surface area contributed by atoms with Gasteiger partial charge in [-0.05, 0) is 135 Å². The summed E-state index contributed by atoms with van der Waals surface area (Å²) >= 11 is 33.7. The minimum atomic E-state index is -1.85. The van der Waals surface area contributed by atoms with Crippen LogP contribution in [0.2, 0.25) is 25.1 Å². The summed E-state index contributed by atoms with van der Waals surface area (Å²) in [7, 11) is 1.47. The molecule has 7 aromatic carbocycles. The second-order valence-corrected chi connectivity index (χ2v) is 30.9. The van der Waals surface area contributed by atoms with E-state index in [-0.39, 0.29) is 74.9 Å². The Kier molecular flexibility index (Phi) is 36.3. The Bertz CT molecular complexity index is 4320. The van der Waals surface area contributed by atoms with Crippen LogP contribution in [0.25, 0.3) is 0 Å². The number of nitrogens with one attached hydrogen (secondary N) is 4. The standard InChI is InChI=1S/C47H55Cl4N5O4S.C39H46ClN3O7/c1-5-7-8-9-10-11-12-13-14-15-16-21-42(57)52-33-23-24-34(49)38(29-33)53-45-44(47(59)56(55-45)43-35(50)27-32(48)28-36(43)51)61-41-20-18-17-19-37(41)54-46(58)39(6-2)60-40-25-22-30(3)26-31(40)4;1-3-4-5-6-7-8-9-10-11-15-24-50-38(47)30-20-23-32(40)33(25-30)41-37(46)35(36(45)29-18-21-31(49-2)22-19-29)43-34(44)27-42(39(43)48)26-28-16-13-12-14-17-28/h17-20,22-29,39,44H,5-16,21H2,1-4H3,(H,52,57)(H,53,55)(H,54,58);12-14,16-23,25,35H,3-11,15,24,26-27H2,1-2H3,(H,41,46). The first-order chi connectivity index (χ1) is 53.6. The number of nitrogens with zero attached hydrogens (tertiary/aromatic N) is 4. The molecule has 592 valence electrons. The number of para-hydroxylation sites is 1. The minimum Gasteiger partial charge on any atom is -0.497 e. The third-order valence-corrected chi connectivity index (χ3v) is 21.6. The van der Waals surface area contributed by atoms with Gasteiger partial charge in [0.15, 0.2) is 17.9 Å². The number of hydrogen-bond acceptors (Lipinski definition) is 13. The van der Waals surface area contributed by atoms with Gasteiger partial charge in [-0.15, -0.1) is 11.8 Å². The highest BCUT2D eigenvalue weighted by Gasteiger charge is 2.47. The molecule has 0 bridgehead atoms. The van der Waals surface area contributed by atoms with Gasteiger partial charge in [-0.1, -0.05) is 261 Å².